The maximum Gasteiger partial charge on any atom is 0.325 e. The number of aryl methyl sites for hydroxylation is 1. The molecule has 0 bridgehead atoms. The summed E-state index contributed by atoms with van der Waals surface area (Å²) in [5.41, 5.74) is 0.970. The van der Waals surface area contributed by atoms with Crippen LogP contribution >= 0.6 is 0 Å². The van der Waals surface area contributed by atoms with Crippen molar-refractivity contribution < 1.29 is 14.4 Å². The predicted molar refractivity (Wildman–Crippen MR) is 82.5 cm³/mol. The number of amides is 4. The number of nitrogens with zero attached hydrogens (tertiary/aromatic N) is 1. The van der Waals surface area contributed by atoms with Crippen LogP contribution in [0.4, 0.5) is 4.79 Å². The van der Waals surface area contributed by atoms with Crippen LogP contribution in [0.2, 0.25) is 0 Å². The van der Waals surface area contributed by atoms with Gasteiger partial charge in [-0.05, 0) is 43.2 Å². The third-order valence-electron chi connectivity index (χ3n) is 4.89. The highest BCUT2D eigenvalue weighted by Crippen LogP contribution is 2.39. The second kappa shape index (κ2) is 5.08. The van der Waals surface area contributed by atoms with Crippen molar-refractivity contribution in [3.8, 4) is 0 Å². The topological polar surface area (TPSA) is 78.5 Å². The van der Waals surface area contributed by atoms with Crippen LogP contribution in [0.1, 0.15) is 36.8 Å². The van der Waals surface area contributed by atoms with E-state index in [4.69, 9.17) is 0 Å². The molecule has 1 aliphatic heterocycles. The quantitative estimate of drug-likeness (QED) is 0.819. The summed E-state index contributed by atoms with van der Waals surface area (Å²) in [6.07, 6.45) is 4.27. The number of carbonyl (C=O) groups is 3. The average Bonchev–Trinajstić information content (AvgIpc) is 3.32. The lowest BCUT2D eigenvalue weighted by atomic mass is 9.76. The van der Waals surface area contributed by atoms with Crippen molar-refractivity contribution >= 4 is 17.8 Å². The second-order valence-corrected chi connectivity index (χ2v) is 6.58. The van der Waals surface area contributed by atoms with Crippen LogP contribution in [0.3, 0.4) is 0 Å². The molecule has 6 heteroatoms. The Morgan fingerprint density at radius 3 is 2.87 bits per heavy atom. The Bertz CT molecular complexity index is 698. The zero-order valence-electron chi connectivity index (χ0n) is 12.8. The van der Waals surface area contributed by atoms with Gasteiger partial charge in [-0.3, -0.25) is 14.5 Å². The third kappa shape index (κ3) is 2.29. The molecule has 23 heavy (non-hydrogen) atoms. The highest BCUT2D eigenvalue weighted by atomic mass is 16.2. The maximum atomic E-state index is 13.0. The van der Waals surface area contributed by atoms with E-state index in [-0.39, 0.29) is 24.4 Å². The van der Waals surface area contributed by atoms with E-state index in [1.165, 1.54) is 0 Å². The van der Waals surface area contributed by atoms with Crippen molar-refractivity contribution in [1.29, 1.82) is 0 Å². The Morgan fingerprint density at radius 1 is 1.30 bits per heavy atom. The molecular formula is C17H19N3O3. The highest BCUT2D eigenvalue weighted by molar-refractivity contribution is 6.09. The van der Waals surface area contributed by atoms with Crippen LogP contribution in [0.15, 0.2) is 24.3 Å². The first-order chi connectivity index (χ1) is 11.1. The third-order valence-corrected chi connectivity index (χ3v) is 4.89. The summed E-state index contributed by atoms with van der Waals surface area (Å²) in [5, 5.41) is 5.68. The molecule has 0 unspecified atom stereocenters. The number of rotatable bonds is 3. The summed E-state index contributed by atoms with van der Waals surface area (Å²) < 4.78 is 0. The van der Waals surface area contributed by atoms with Crippen LogP contribution in [0, 0.1) is 0 Å². The first kappa shape index (κ1) is 14.2. The molecule has 6 nitrogen and oxygen atoms in total. The zero-order valence-corrected chi connectivity index (χ0v) is 12.8. The molecule has 2 N–H and O–H groups in total. The molecule has 1 spiro atoms. The van der Waals surface area contributed by atoms with Gasteiger partial charge in [0.05, 0.1) is 0 Å². The predicted octanol–water partition coefficient (Wildman–Crippen LogP) is 1.05. The van der Waals surface area contributed by atoms with E-state index in [1.807, 2.05) is 24.3 Å². The number of hydrogen-bond donors (Lipinski definition) is 2. The number of fused-ring (bicyclic) bond motifs is 2. The zero-order chi connectivity index (χ0) is 16.0. The molecule has 1 aromatic carbocycles. The Balaban J connectivity index is 1.61. The lowest BCUT2D eigenvalue weighted by Crippen LogP contribution is -2.47. The molecule has 1 saturated carbocycles. The van der Waals surface area contributed by atoms with Gasteiger partial charge in [-0.25, -0.2) is 4.79 Å². The Morgan fingerprint density at radius 2 is 2.09 bits per heavy atom. The average molecular weight is 313 g/mol. The van der Waals surface area contributed by atoms with Crippen molar-refractivity contribution in [1.82, 2.24) is 15.5 Å². The molecule has 0 radical (unpaired) electrons. The van der Waals surface area contributed by atoms with E-state index < -0.39 is 11.6 Å². The first-order valence-corrected chi connectivity index (χ1v) is 8.12. The van der Waals surface area contributed by atoms with Crippen LogP contribution < -0.4 is 10.6 Å². The van der Waals surface area contributed by atoms with Crippen LogP contribution in [-0.4, -0.2) is 35.3 Å². The Kier molecular flexibility index (Phi) is 3.14. The summed E-state index contributed by atoms with van der Waals surface area (Å²) in [4.78, 5) is 38.3. The van der Waals surface area contributed by atoms with Crippen LogP contribution in [0.25, 0.3) is 0 Å². The fraction of sp³-hybridized carbons (Fsp3) is 0.471. The van der Waals surface area contributed by atoms with Gasteiger partial charge in [0.25, 0.3) is 5.91 Å². The highest BCUT2D eigenvalue weighted by Gasteiger charge is 2.54. The number of nitrogens with one attached hydrogen (secondary N) is 2. The molecule has 1 saturated heterocycles. The number of urea groups is 1. The molecular weight excluding hydrogens is 294 g/mol. The fourth-order valence-electron chi connectivity index (χ4n) is 3.60. The van der Waals surface area contributed by atoms with E-state index in [0.29, 0.717) is 6.42 Å². The van der Waals surface area contributed by atoms with Crippen LogP contribution in [0.5, 0.6) is 0 Å². The van der Waals surface area contributed by atoms with Crippen molar-refractivity contribution in [3.63, 3.8) is 0 Å². The second-order valence-electron chi connectivity index (χ2n) is 6.58. The molecule has 1 aromatic rings. The first-order valence-electron chi connectivity index (χ1n) is 8.12. The number of carbonyl (C=O) groups excluding carboxylic acids is 3. The summed E-state index contributed by atoms with van der Waals surface area (Å²) in [7, 11) is 0. The molecule has 0 aromatic heterocycles. The van der Waals surface area contributed by atoms with E-state index in [2.05, 4.69) is 10.6 Å². The van der Waals surface area contributed by atoms with Crippen molar-refractivity contribution in [2.24, 2.45) is 0 Å². The standard InChI is InChI=1S/C17H19N3O3/c21-14(18-12-7-8-12)10-20-15(22)17(19-16(20)23)9-3-5-11-4-1-2-6-13(11)17/h1-2,4,6,12H,3,5,7-10H2,(H,18,21)(H,19,23)/t17-/m0/s1. The molecule has 1 heterocycles. The van der Waals surface area contributed by atoms with Crippen molar-refractivity contribution in [3.05, 3.63) is 35.4 Å². The summed E-state index contributed by atoms with van der Waals surface area (Å²) >= 11 is 0. The lowest BCUT2D eigenvalue weighted by Gasteiger charge is -2.33. The molecule has 3 aliphatic rings. The number of hydrogen-bond acceptors (Lipinski definition) is 3. The van der Waals surface area contributed by atoms with Gasteiger partial charge in [0.1, 0.15) is 12.1 Å². The SMILES string of the molecule is O=C(CN1C(=O)N[C@]2(CCCc3ccccc32)C1=O)NC1CC1. The fourth-order valence-corrected chi connectivity index (χ4v) is 3.60. The van der Waals surface area contributed by atoms with Crippen molar-refractivity contribution in [2.75, 3.05) is 6.54 Å². The van der Waals surface area contributed by atoms with E-state index in [9.17, 15) is 14.4 Å². The summed E-state index contributed by atoms with van der Waals surface area (Å²) in [5.74, 6) is -0.572. The maximum absolute atomic E-state index is 13.0. The Labute approximate surface area is 134 Å². The molecule has 2 aliphatic carbocycles. The molecule has 2 fully saturated rings. The smallest absolute Gasteiger partial charge is 0.325 e. The number of imide groups is 1. The van der Waals surface area contributed by atoms with Gasteiger partial charge in [-0.2, -0.15) is 0 Å². The van der Waals surface area contributed by atoms with Gasteiger partial charge in [-0.1, -0.05) is 24.3 Å². The largest absolute Gasteiger partial charge is 0.352 e. The summed E-state index contributed by atoms with van der Waals surface area (Å²) in [6, 6.07) is 7.47. The summed E-state index contributed by atoms with van der Waals surface area (Å²) in [6.45, 7) is -0.203. The normalized spacial score (nSPS) is 26.2. The van der Waals surface area contributed by atoms with Crippen molar-refractivity contribution in [2.45, 2.75) is 43.7 Å². The van der Waals surface area contributed by atoms with Gasteiger partial charge < -0.3 is 10.6 Å². The van der Waals surface area contributed by atoms with Gasteiger partial charge in [-0.15, -0.1) is 0 Å². The monoisotopic (exact) mass is 313 g/mol. The van der Waals surface area contributed by atoms with Crippen LogP contribution in [-0.2, 0) is 21.5 Å². The minimum atomic E-state index is -0.994. The van der Waals surface area contributed by atoms with E-state index in [0.717, 1.165) is 41.7 Å². The number of benzene rings is 1. The van der Waals surface area contributed by atoms with E-state index in [1.54, 1.807) is 0 Å². The van der Waals surface area contributed by atoms with Gasteiger partial charge in [0.15, 0.2) is 0 Å². The minimum absolute atomic E-state index is 0.203. The van der Waals surface area contributed by atoms with Gasteiger partial charge in [0.2, 0.25) is 5.91 Å². The molecule has 120 valence electrons. The lowest BCUT2D eigenvalue weighted by molar-refractivity contribution is -0.135. The minimum Gasteiger partial charge on any atom is -0.352 e. The van der Waals surface area contributed by atoms with Gasteiger partial charge in [0, 0.05) is 6.04 Å². The van der Waals surface area contributed by atoms with Gasteiger partial charge >= 0.3 is 6.03 Å². The molecule has 4 rings (SSSR count). The molecule has 1 atom stereocenters. The Hall–Kier alpha value is -2.37. The van der Waals surface area contributed by atoms with E-state index >= 15 is 0 Å². The molecule has 4 amide bonds.